The molecule has 122 valence electrons. The van der Waals surface area contributed by atoms with Crippen LogP contribution >= 0.6 is 0 Å². The summed E-state index contributed by atoms with van der Waals surface area (Å²) < 4.78 is 13.1. The average molecular weight is 323 g/mol. The first-order valence-electron chi connectivity index (χ1n) is 7.98. The van der Waals surface area contributed by atoms with Crippen molar-refractivity contribution in [2.24, 2.45) is 5.92 Å². The van der Waals surface area contributed by atoms with Gasteiger partial charge in [-0.3, -0.25) is 4.79 Å². The molecule has 2 aromatic rings. The van der Waals surface area contributed by atoms with Gasteiger partial charge in [0.05, 0.1) is 11.3 Å². The van der Waals surface area contributed by atoms with E-state index in [2.05, 4.69) is 11.1 Å². The van der Waals surface area contributed by atoms with Gasteiger partial charge in [-0.25, -0.2) is 9.37 Å². The third-order valence-electron chi connectivity index (χ3n) is 4.17. The van der Waals surface area contributed by atoms with Crippen LogP contribution in [0.25, 0.3) is 0 Å². The Labute approximate surface area is 140 Å². The SMILES string of the molecule is Cc1nc(C(=O)N(Cc2ccc(F)cc2)CC2CC2)ccc1C#N. The monoisotopic (exact) mass is 323 g/mol. The molecular formula is C19H18FN3O. The smallest absolute Gasteiger partial charge is 0.272 e. The molecule has 0 saturated heterocycles. The van der Waals surface area contributed by atoms with Crippen LogP contribution in [-0.2, 0) is 6.54 Å². The van der Waals surface area contributed by atoms with Crippen molar-refractivity contribution in [1.82, 2.24) is 9.88 Å². The van der Waals surface area contributed by atoms with Crippen molar-refractivity contribution in [1.29, 1.82) is 5.26 Å². The number of aryl methyl sites for hydroxylation is 1. The van der Waals surface area contributed by atoms with E-state index in [0.717, 1.165) is 18.4 Å². The van der Waals surface area contributed by atoms with Gasteiger partial charge in [-0.15, -0.1) is 0 Å². The molecule has 1 aliphatic carbocycles. The maximum absolute atomic E-state index is 13.1. The lowest BCUT2D eigenvalue weighted by atomic mass is 10.1. The maximum Gasteiger partial charge on any atom is 0.272 e. The Balaban J connectivity index is 1.82. The van der Waals surface area contributed by atoms with Crippen LogP contribution in [0.2, 0.25) is 0 Å². The lowest BCUT2D eigenvalue weighted by molar-refractivity contribution is 0.0728. The molecule has 0 atom stereocenters. The first-order chi connectivity index (χ1) is 11.6. The highest BCUT2D eigenvalue weighted by Gasteiger charge is 2.28. The highest BCUT2D eigenvalue weighted by Crippen LogP contribution is 2.30. The van der Waals surface area contributed by atoms with Gasteiger partial charge >= 0.3 is 0 Å². The molecule has 3 rings (SSSR count). The van der Waals surface area contributed by atoms with Gasteiger partial charge in [0.15, 0.2) is 0 Å². The number of amides is 1. The Hall–Kier alpha value is -2.74. The van der Waals surface area contributed by atoms with E-state index in [-0.39, 0.29) is 11.7 Å². The number of pyridine rings is 1. The predicted molar refractivity (Wildman–Crippen MR) is 87.6 cm³/mol. The molecule has 0 spiro atoms. The summed E-state index contributed by atoms with van der Waals surface area (Å²) in [6, 6.07) is 11.5. The topological polar surface area (TPSA) is 57.0 Å². The summed E-state index contributed by atoms with van der Waals surface area (Å²) in [7, 11) is 0. The van der Waals surface area contributed by atoms with Crippen LogP contribution in [0.1, 0.15) is 40.2 Å². The van der Waals surface area contributed by atoms with Crippen molar-refractivity contribution < 1.29 is 9.18 Å². The zero-order valence-corrected chi connectivity index (χ0v) is 13.5. The van der Waals surface area contributed by atoms with Crippen molar-refractivity contribution in [3.05, 3.63) is 64.7 Å². The fourth-order valence-corrected chi connectivity index (χ4v) is 2.60. The zero-order chi connectivity index (χ0) is 17.1. The molecule has 1 aromatic heterocycles. The van der Waals surface area contributed by atoms with Crippen LogP contribution in [0.15, 0.2) is 36.4 Å². The summed E-state index contributed by atoms with van der Waals surface area (Å²) in [5.41, 5.74) is 2.25. The molecule has 0 unspecified atom stereocenters. The van der Waals surface area contributed by atoms with E-state index >= 15 is 0 Å². The van der Waals surface area contributed by atoms with Gasteiger partial charge in [0.1, 0.15) is 17.6 Å². The molecule has 1 fully saturated rings. The summed E-state index contributed by atoms with van der Waals surface area (Å²) in [6.45, 7) is 2.83. The molecule has 1 amide bonds. The molecule has 1 heterocycles. The summed E-state index contributed by atoms with van der Waals surface area (Å²) in [4.78, 5) is 18.9. The minimum absolute atomic E-state index is 0.154. The summed E-state index contributed by atoms with van der Waals surface area (Å²) in [5, 5.41) is 8.99. The Morgan fingerprint density at radius 1 is 1.29 bits per heavy atom. The highest BCUT2D eigenvalue weighted by atomic mass is 19.1. The van der Waals surface area contributed by atoms with Gasteiger partial charge in [-0.2, -0.15) is 5.26 Å². The number of carbonyl (C=O) groups is 1. The normalized spacial score (nSPS) is 13.4. The van der Waals surface area contributed by atoms with E-state index in [1.807, 2.05) is 0 Å². The van der Waals surface area contributed by atoms with Crippen molar-refractivity contribution >= 4 is 5.91 Å². The summed E-state index contributed by atoms with van der Waals surface area (Å²) in [5.74, 6) is 0.0934. The number of hydrogen-bond donors (Lipinski definition) is 0. The number of hydrogen-bond acceptors (Lipinski definition) is 3. The van der Waals surface area contributed by atoms with Crippen LogP contribution < -0.4 is 0 Å². The predicted octanol–water partition coefficient (Wildman–Crippen LogP) is 3.45. The number of nitriles is 1. The Bertz CT molecular complexity index is 791. The Kier molecular flexibility index (Phi) is 4.57. The van der Waals surface area contributed by atoms with Gasteiger partial charge < -0.3 is 4.90 Å². The van der Waals surface area contributed by atoms with E-state index in [4.69, 9.17) is 5.26 Å². The van der Waals surface area contributed by atoms with Crippen LogP contribution in [0.3, 0.4) is 0 Å². The first kappa shape index (κ1) is 16.1. The van der Waals surface area contributed by atoms with Crippen LogP contribution in [0.5, 0.6) is 0 Å². The van der Waals surface area contributed by atoms with E-state index in [0.29, 0.717) is 36.0 Å². The number of nitrogens with zero attached hydrogens (tertiary/aromatic N) is 3. The second-order valence-electron chi connectivity index (χ2n) is 6.20. The van der Waals surface area contributed by atoms with Gasteiger partial charge in [0.25, 0.3) is 5.91 Å². The molecule has 1 aromatic carbocycles. The highest BCUT2D eigenvalue weighted by molar-refractivity contribution is 5.92. The molecule has 0 radical (unpaired) electrons. The van der Waals surface area contributed by atoms with E-state index in [1.165, 1.54) is 12.1 Å². The molecule has 0 bridgehead atoms. The fourth-order valence-electron chi connectivity index (χ4n) is 2.60. The van der Waals surface area contributed by atoms with Crippen molar-refractivity contribution in [2.45, 2.75) is 26.3 Å². The Morgan fingerprint density at radius 2 is 2.00 bits per heavy atom. The molecule has 4 nitrogen and oxygen atoms in total. The van der Waals surface area contributed by atoms with Gasteiger partial charge in [-0.1, -0.05) is 12.1 Å². The molecule has 0 N–H and O–H groups in total. The van der Waals surface area contributed by atoms with Gasteiger partial charge in [-0.05, 0) is 55.5 Å². The van der Waals surface area contributed by atoms with Crippen LogP contribution in [-0.4, -0.2) is 22.3 Å². The summed E-state index contributed by atoms with van der Waals surface area (Å²) in [6.07, 6.45) is 2.26. The number of halogens is 1. The van der Waals surface area contributed by atoms with E-state index < -0.39 is 0 Å². The lowest BCUT2D eigenvalue weighted by Crippen LogP contribution is -2.33. The van der Waals surface area contributed by atoms with Crippen molar-refractivity contribution in [3.8, 4) is 6.07 Å². The number of carbonyl (C=O) groups excluding carboxylic acids is 1. The summed E-state index contributed by atoms with van der Waals surface area (Å²) >= 11 is 0. The minimum Gasteiger partial charge on any atom is -0.333 e. The van der Waals surface area contributed by atoms with Gasteiger partial charge in [0, 0.05) is 13.1 Å². The van der Waals surface area contributed by atoms with E-state index in [1.54, 1.807) is 36.1 Å². The van der Waals surface area contributed by atoms with Crippen LogP contribution in [0.4, 0.5) is 4.39 Å². The number of benzene rings is 1. The minimum atomic E-state index is -0.289. The molecule has 0 aliphatic heterocycles. The molecular weight excluding hydrogens is 305 g/mol. The third kappa shape index (κ3) is 3.77. The average Bonchev–Trinajstić information content (AvgIpc) is 3.39. The zero-order valence-electron chi connectivity index (χ0n) is 13.5. The molecule has 1 aliphatic rings. The number of aromatic nitrogens is 1. The maximum atomic E-state index is 13.1. The second kappa shape index (κ2) is 6.79. The molecule has 1 saturated carbocycles. The van der Waals surface area contributed by atoms with Gasteiger partial charge in [0.2, 0.25) is 0 Å². The lowest BCUT2D eigenvalue weighted by Gasteiger charge is -2.22. The molecule has 5 heteroatoms. The first-order valence-corrected chi connectivity index (χ1v) is 7.98. The largest absolute Gasteiger partial charge is 0.333 e. The quantitative estimate of drug-likeness (QED) is 0.847. The fraction of sp³-hybridized carbons (Fsp3) is 0.316. The standard InChI is InChI=1S/C19H18FN3O/c1-13-16(10-21)6-9-18(22-13)19(24)23(11-14-2-3-14)12-15-4-7-17(20)8-5-15/h4-9,14H,2-3,11-12H2,1H3. The van der Waals surface area contributed by atoms with Crippen molar-refractivity contribution in [3.63, 3.8) is 0 Å². The Morgan fingerprint density at radius 3 is 2.58 bits per heavy atom. The van der Waals surface area contributed by atoms with E-state index in [9.17, 15) is 9.18 Å². The molecule has 24 heavy (non-hydrogen) atoms. The number of rotatable bonds is 5. The van der Waals surface area contributed by atoms with Crippen molar-refractivity contribution in [2.75, 3.05) is 6.54 Å². The second-order valence-corrected chi connectivity index (χ2v) is 6.20. The van der Waals surface area contributed by atoms with Crippen LogP contribution in [0, 0.1) is 30.0 Å². The third-order valence-corrected chi connectivity index (χ3v) is 4.17.